The fraction of sp³-hybridized carbons (Fsp3) is 0.400. The van der Waals surface area contributed by atoms with E-state index in [1.807, 2.05) is 30.3 Å². The normalized spacial score (nSPS) is 13.8. The number of ether oxygens (including phenoxy) is 1. The lowest BCUT2D eigenvalue weighted by atomic mass is 9.90. The fourth-order valence-corrected chi connectivity index (χ4v) is 4.69. The maximum atomic E-state index is 15.2. The van der Waals surface area contributed by atoms with Gasteiger partial charge in [0.2, 0.25) is 0 Å². The molecule has 0 aliphatic carbocycles. The molecule has 4 rings (SSSR count). The van der Waals surface area contributed by atoms with Crippen LogP contribution < -0.4 is 4.74 Å². The van der Waals surface area contributed by atoms with Gasteiger partial charge >= 0.3 is 6.11 Å². The van der Waals surface area contributed by atoms with Crippen LogP contribution in [0.1, 0.15) is 75.5 Å². The van der Waals surface area contributed by atoms with Crippen LogP contribution in [0.3, 0.4) is 0 Å². The second-order valence-corrected chi connectivity index (χ2v) is 9.22. The molecule has 1 nitrogen and oxygen atoms in total. The number of hydrogen-bond donors (Lipinski definition) is 0. The van der Waals surface area contributed by atoms with E-state index in [0.717, 1.165) is 31.2 Å². The Morgan fingerprint density at radius 2 is 1.38 bits per heavy atom. The number of halogens is 3. The summed E-state index contributed by atoms with van der Waals surface area (Å²) >= 11 is 0. The van der Waals surface area contributed by atoms with Crippen molar-refractivity contribution in [2.45, 2.75) is 77.7 Å². The van der Waals surface area contributed by atoms with Crippen LogP contribution in [0.2, 0.25) is 0 Å². The molecule has 0 saturated heterocycles. The number of aryl methyl sites for hydroxylation is 2. The van der Waals surface area contributed by atoms with Crippen molar-refractivity contribution in [3.05, 3.63) is 77.1 Å². The molecule has 0 bridgehead atoms. The molecule has 0 saturated carbocycles. The molecule has 0 unspecified atom stereocenters. The lowest BCUT2D eigenvalue weighted by Crippen LogP contribution is -2.27. The first kappa shape index (κ1) is 24.4. The van der Waals surface area contributed by atoms with Crippen LogP contribution in [0.25, 0.3) is 22.3 Å². The van der Waals surface area contributed by atoms with Gasteiger partial charge in [0.05, 0.1) is 5.56 Å². The minimum Gasteiger partial charge on any atom is -0.425 e. The van der Waals surface area contributed by atoms with Gasteiger partial charge in [0.15, 0.2) is 11.6 Å². The quantitative estimate of drug-likeness (QED) is 0.270. The van der Waals surface area contributed by atoms with Crippen LogP contribution in [-0.4, -0.2) is 0 Å². The Kier molecular flexibility index (Phi) is 7.65. The average molecular weight is 467 g/mol. The van der Waals surface area contributed by atoms with E-state index in [2.05, 4.69) is 13.8 Å². The monoisotopic (exact) mass is 466 g/mol. The highest BCUT2D eigenvalue weighted by atomic mass is 19.3. The van der Waals surface area contributed by atoms with Crippen molar-refractivity contribution in [1.29, 1.82) is 0 Å². The Morgan fingerprint density at radius 1 is 0.735 bits per heavy atom. The van der Waals surface area contributed by atoms with E-state index in [1.54, 1.807) is 18.2 Å². The number of unbranched alkanes of at least 4 members (excludes halogenated alkanes) is 6. The minimum atomic E-state index is -3.60. The minimum absolute atomic E-state index is 0.226. The second-order valence-electron chi connectivity index (χ2n) is 9.22. The fourth-order valence-electron chi connectivity index (χ4n) is 4.69. The number of benzene rings is 3. The molecule has 0 atom stereocenters. The summed E-state index contributed by atoms with van der Waals surface area (Å²) in [6, 6.07) is 16.2. The third-order valence-electron chi connectivity index (χ3n) is 6.78. The zero-order chi connectivity index (χ0) is 24.1. The molecule has 1 aliphatic rings. The molecule has 180 valence electrons. The van der Waals surface area contributed by atoms with Crippen LogP contribution >= 0.6 is 0 Å². The van der Waals surface area contributed by atoms with Crippen LogP contribution in [0.5, 0.6) is 5.75 Å². The number of alkyl halides is 2. The lowest BCUT2D eigenvalue weighted by molar-refractivity contribution is -0.188. The third kappa shape index (κ3) is 5.16. The molecular formula is C30H33F3O. The van der Waals surface area contributed by atoms with Gasteiger partial charge in [-0.05, 0) is 53.1 Å². The van der Waals surface area contributed by atoms with Crippen LogP contribution in [0.15, 0.2) is 54.6 Å². The highest BCUT2D eigenvalue weighted by molar-refractivity contribution is 5.80. The van der Waals surface area contributed by atoms with E-state index in [9.17, 15) is 0 Å². The average Bonchev–Trinajstić information content (AvgIpc) is 2.85. The molecule has 0 N–H and O–H groups in total. The van der Waals surface area contributed by atoms with Crippen LogP contribution in [0.4, 0.5) is 13.2 Å². The van der Waals surface area contributed by atoms with Crippen LogP contribution in [0, 0.1) is 5.82 Å². The Bertz CT molecular complexity index is 1120. The summed E-state index contributed by atoms with van der Waals surface area (Å²) in [5.74, 6) is -0.994. The predicted molar refractivity (Wildman–Crippen MR) is 133 cm³/mol. The number of fused-ring (bicyclic) bond motifs is 3. The van der Waals surface area contributed by atoms with E-state index in [1.165, 1.54) is 37.3 Å². The van der Waals surface area contributed by atoms with Gasteiger partial charge in [-0.25, -0.2) is 4.39 Å². The zero-order valence-electron chi connectivity index (χ0n) is 20.1. The highest BCUT2D eigenvalue weighted by Crippen LogP contribution is 2.49. The Morgan fingerprint density at radius 3 is 2.09 bits per heavy atom. The molecule has 0 aromatic heterocycles. The van der Waals surface area contributed by atoms with Crippen molar-refractivity contribution in [3.8, 4) is 28.0 Å². The van der Waals surface area contributed by atoms with Gasteiger partial charge in [-0.1, -0.05) is 101 Å². The summed E-state index contributed by atoms with van der Waals surface area (Å²) in [6.07, 6.45) is 5.71. The first-order chi connectivity index (χ1) is 16.4. The first-order valence-corrected chi connectivity index (χ1v) is 12.6. The maximum absolute atomic E-state index is 15.2. The molecule has 0 spiro atoms. The van der Waals surface area contributed by atoms with Gasteiger partial charge in [-0.15, -0.1) is 0 Å². The Labute approximate surface area is 201 Å². The van der Waals surface area contributed by atoms with Crippen LogP contribution in [-0.2, 0) is 19.0 Å². The standard InChI is InChI=1S/C30H33F3O/c1-3-5-6-7-8-9-10-11-23-16-19-26-25-18-17-24(22-14-12-21(4-2)13-15-22)20-27(25)30(32,33)34-29(26)28(23)31/h12-20H,3-11H2,1-2H3. The van der Waals surface area contributed by atoms with E-state index in [0.29, 0.717) is 28.7 Å². The van der Waals surface area contributed by atoms with E-state index in [4.69, 9.17) is 4.74 Å². The summed E-state index contributed by atoms with van der Waals surface area (Å²) < 4.78 is 50.4. The van der Waals surface area contributed by atoms with Crippen molar-refractivity contribution in [2.24, 2.45) is 0 Å². The third-order valence-corrected chi connectivity index (χ3v) is 6.78. The van der Waals surface area contributed by atoms with Crippen molar-refractivity contribution in [3.63, 3.8) is 0 Å². The van der Waals surface area contributed by atoms with Crippen molar-refractivity contribution < 1.29 is 17.9 Å². The highest BCUT2D eigenvalue weighted by Gasteiger charge is 2.43. The van der Waals surface area contributed by atoms with E-state index in [-0.39, 0.29) is 11.3 Å². The topological polar surface area (TPSA) is 9.23 Å². The summed E-state index contributed by atoms with van der Waals surface area (Å²) in [7, 11) is 0. The van der Waals surface area contributed by atoms with E-state index < -0.39 is 11.9 Å². The molecule has 3 aromatic rings. The van der Waals surface area contributed by atoms with Gasteiger partial charge in [0.1, 0.15) is 0 Å². The molecule has 4 heteroatoms. The smallest absolute Gasteiger partial charge is 0.425 e. The van der Waals surface area contributed by atoms with Gasteiger partial charge in [-0.2, -0.15) is 8.78 Å². The van der Waals surface area contributed by atoms with Gasteiger partial charge < -0.3 is 4.74 Å². The van der Waals surface area contributed by atoms with Crippen molar-refractivity contribution >= 4 is 0 Å². The Hall–Kier alpha value is -2.75. The van der Waals surface area contributed by atoms with Crippen molar-refractivity contribution in [2.75, 3.05) is 0 Å². The maximum Gasteiger partial charge on any atom is 0.427 e. The zero-order valence-corrected chi connectivity index (χ0v) is 20.1. The SMILES string of the molecule is CCCCCCCCCc1ccc2c(c1F)OC(F)(F)c1cc(-c3ccc(CC)cc3)ccc1-2. The van der Waals surface area contributed by atoms with Crippen molar-refractivity contribution in [1.82, 2.24) is 0 Å². The largest absolute Gasteiger partial charge is 0.427 e. The summed E-state index contributed by atoms with van der Waals surface area (Å²) in [5, 5.41) is 0. The molecule has 1 heterocycles. The molecule has 34 heavy (non-hydrogen) atoms. The predicted octanol–water partition coefficient (Wildman–Crippen LogP) is 9.46. The summed E-state index contributed by atoms with van der Waals surface area (Å²) in [4.78, 5) is 0. The molecule has 0 fully saturated rings. The summed E-state index contributed by atoms with van der Waals surface area (Å²) in [6.45, 7) is 4.26. The molecule has 1 aliphatic heterocycles. The molecule has 3 aromatic carbocycles. The lowest BCUT2D eigenvalue weighted by Gasteiger charge is -2.29. The van der Waals surface area contributed by atoms with Gasteiger partial charge in [0.25, 0.3) is 0 Å². The first-order valence-electron chi connectivity index (χ1n) is 12.6. The number of hydrogen-bond acceptors (Lipinski definition) is 1. The Balaban J connectivity index is 1.55. The van der Waals surface area contributed by atoms with Gasteiger partial charge in [0, 0.05) is 5.56 Å². The molecule has 0 radical (unpaired) electrons. The summed E-state index contributed by atoms with van der Waals surface area (Å²) in [5.41, 5.74) is 3.65. The second kappa shape index (κ2) is 10.7. The van der Waals surface area contributed by atoms with E-state index >= 15 is 13.2 Å². The van der Waals surface area contributed by atoms with Gasteiger partial charge in [-0.3, -0.25) is 0 Å². The molecular weight excluding hydrogens is 433 g/mol. The number of rotatable bonds is 10. The molecule has 0 amide bonds.